The van der Waals surface area contributed by atoms with Gasteiger partial charge in [-0.3, -0.25) is 0 Å². The molecule has 1 saturated heterocycles. The standard InChI is InChI=1S/C16H31N3O4S/c1-16(2,3)23-15(20)18-14(12-5-6-12)11-17-13-7-9-19(10-8-13)24(4,21)22/h12-14,17H,5-11H2,1-4H3,(H,18,20). The van der Waals surface area contributed by atoms with Crippen molar-refractivity contribution in [2.24, 2.45) is 5.92 Å². The molecule has 1 aliphatic heterocycles. The predicted molar refractivity (Wildman–Crippen MR) is 93.3 cm³/mol. The van der Waals surface area contributed by atoms with E-state index in [1.807, 2.05) is 20.8 Å². The summed E-state index contributed by atoms with van der Waals surface area (Å²) in [6.45, 7) is 7.38. The molecule has 8 heteroatoms. The lowest BCUT2D eigenvalue weighted by Crippen LogP contribution is -2.50. The summed E-state index contributed by atoms with van der Waals surface area (Å²) in [6, 6.07) is 0.373. The quantitative estimate of drug-likeness (QED) is 0.745. The second-order valence-electron chi connectivity index (χ2n) is 7.93. The molecule has 1 saturated carbocycles. The number of carbonyl (C=O) groups excluding carboxylic acids is 1. The zero-order chi connectivity index (χ0) is 18.0. The lowest BCUT2D eigenvalue weighted by molar-refractivity contribution is 0.0496. The van der Waals surface area contributed by atoms with E-state index in [0.29, 0.717) is 31.6 Å². The molecule has 140 valence electrons. The maximum absolute atomic E-state index is 12.0. The molecular weight excluding hydrogens is 330 g/mol. The topological polar surface area (TPSA) is 87.7 Å². The lowest BCUT2D eigenvalue weighted by Gasteiger charge is -2.32. The summed E-state index contributed by atoms with van der Waals surface area (Å²) in [5, 5.41) is 6.47. The molecule has 1 amide bonds. The van der Waals surface area contributed by atoms with Gasteiger partial charge >= 0.3 is 6.09 Å². The van der Waals surface area contributed by atoms with Gasteiger partial charge < -0.3 is 15.4 Å². The van der Waals surface area contributed by atoms with Gasteiger partial charge in [0.05, 0.1) is 6.26 Å². The molecule has 24 heavy (non-hydrogen) atoms. The van der Waals surface area contributed by atoms with Crippen LogP contribution < -0.4 is 10.6 Å². The number of piperidine rings is 1. The highest BCUT2D eigenvalue weighted by Crippen LogP contribution is 2.32. The number of sulfonamides is 1. The Morgan fingerprint density at radius 1 is 1.21 bits per heavy atom. The van der Waals surface area contributed by atoms with Gasteiger partial charge in [0.15, 0.2) is 0 Å². The Labute approximate surface area is 145 Å². The third kappa shape index (κ3) is 6.57. The molecule has 1 heterocycles. The van der Waals surface area contributed by atoms with E-state index in [-0.39, 0.29) is 12.1 Å². The van der Waals surface area contributed by atoms with Crippen LogP contribution in [0, 0.1) is 5.92 Å². The Kier molecular flexibility index (Phi) is 6.14. The summed E-state index contributed by atoms with van der Waals surface area (Å²) < 4.78 is 29.9. The van der Waals surface area contributed by atoms with E-state index in [9.17, 15) is 13.2 Å². The van der Waals surface area contributed by atoms with Gasteiger partial charge in [0.2, 0.25) is 10.0 Å². The maximum Gasteiger partial charge on any atom is 0.407 e. The molecule has 1 aliphatic carbocycles. The van der Waals surface area contributed by atoms with Crippen molar-refractivity contribution in [3.05, 3.63) is 0 Å². The average Bonchev–Trinajstić information content (AvgIpc) is 3.25. The lowest BCUT2D eigenvalue weighted by atomic mass is 10.1. The van der Waals surface area contributed by atoms with Gasteiger partial charge in [-0.1, -0.05) is 0 Å². The molecule has 2 aliphatic rings. The molecule has 1 atom stereocenters. The van der Waals surface area contributed by atoms with E-state index in [1.165, 1.54) is 10.6 Å². The maximum atomic E-state index is 12.0. The molecule has 0 aromatic carbocycles. The van der Waals surface area contributed by atoms with E-state index >= 15 is 0 Å². The van der Waals surface area contributed by atoms with Crippen LogP contribution in [0.2, 0.25) is 0 Å². The van der Waals surface area contributed by atoms with Gasteiger partial charge in [-0.25, -0.2) is 17.5 Å². The molecule has 2 fully saturated rings. The number of carbonyl (C=O) groups is 1. The molecule has 0 radical (unpaired) electrons. The summed E-state index contributed by atoms with van der Waals surface area (Å²) in [7, 11) is -3.09. The average molecular weight is 362 g/mol. The van der Waals surface area contributed by atoms with Crippen molar-refractivity contribution < 1.29 is 17.9 Å². The molecule has 1 unspecified atom stereocenters. The molecule has 2 N–H and O–H groups in total. The minimum absolute atomic E-state index is 0.0767. The van der Waals surface area contributed by atoms with E-state index in [2.05, 4.69) is 10.6 Å². The normalized spacial score (nSPS) is 22.2. The number of nitrogens with one attached hydrogen (secondary N) is 2. The molecular formula is C16H31N3O4S. The van der Waals surface area contributed by atoms with Gasteiger partial charge in [-0.05, 0) is 52.4 Å². The fourth-order valence-corrected chi connectivity index (χ4v) is 3.85. The van der Waals surface area contributed by atoms with E-state index in [1.54, 1.807) is 0 Å². The second-order valence-corrected chi connectivity index (χ2v) is 9.92. The minimum atomic E-state index is -3.09. The van der Waals surface area contributed by atoms with Crippen LogP contribution in [0.15, 0.2) is 0 Å². The van der Waals surface area contributed by atoms with Gasteiger partial charge in [0.25, 0.3) is 0 Å². The van der Waals surface area contributed by atoms with Crippen LogP contribution in [-0.2, 0) is 14.8 Å². The second kappa shape index (κ2) is 7.58. The van der Waals surface area contributed by atoms with Crippen LogP contribution in [0.1, 0.15) is 46.5 Å². The summed E-state index contributed by atoms with van der Waals surface area (Å²) >= 11 is 0. The van der Waals surface area contributed by atoms with Crippen LogP contribution in [0.3, 0.4) is 0 Å². The summed E-state index contributed by atoms with van der Waals surface area (Å²) in [6.07, 6.45) is 4.76. The van der Waals surface area contributed by atoms with Crippen LogP contribution in [-0.4, -0.2) is 62.4 Å². The summed E-state index contributed by atoms with van der Waals surface area (Å²) in [5.74, 6) is 0.515. The van der Waals surface area contributed by atoms with Gasteiger partial charge in [0, 0.05) is 31.7 Å². The summed E-state index contributed by atoms with van der Waals surface area (Å²) in [4.78, 5) is 12.0. The van der Waals surface area contributed by atoms with Crippen LogP contribution in [0.4, 0.5) is 4.79 Å². The molecule has 0 aromatic rings. The molecule has 7 nitrogen and oxygen atoms in total. The predicted octanol–water partition coefficient (Wildman–Crippen LogP) is 1.30. The molecule has 2 rings (SSSR count). The number of alkyl carbamates (subject to hydrolysis) is 1. The van der Waals surface area contributed by atoms with Crippen LogP contribution in [0.5, 0.6) is 0 Å². The van der Waals surface area contributed by atoms with Crippen molar-refractivity contribution in [1.82, 2.24) is 14.9 Å². The number of nitrogens with zero attached hydrogens (tertiary/aromatic N) is 1. The highest BCUT2D eigenvalue weighted by molar-refractivity contribution is 7.88. The number of rotatable bonds is 6. The smallest absolute Gasteiger partial charge is 0.407 e. The van der Waals surface area contributed by atoms with Crippen molar-refractivity contribution in [3.63, 3.8) is 0 Å². The third-order valence-electron chi connectivity index (χ3n) is 4.44. The van der Waals surface area contributed by atoms with Crippen LogP contribution >= 0.6 is 0 Å². The van der Waals surface area contributed by atoms with Gasteiger partial charge in [-0.2, -0.15) is 0 Å². The molecule has 0 aromatic heterocycles. The van der Waals surface area contributed by atoms with E-state index in [0.717, 1.165) is 25.7 Å². The Morgan fingerprint density at radius 2 is 1.79 bits per heavy atom. The van der Waals surface area contributed by atoms with Crippen molar-refractivity contribution in [3.8, 4) is 0 Å². The SMILES string of the molecule is CC(C)(C)OC(=O)NC(CNC1CCN(S(C)(=O)=O)CC1)C1CC1. The van der Waals surface area contributed by atoms with Crippen molar-refractivity contribution in [2.75, 3.05) is 25.9 Å². The van der Waals surface area contributed by atoms with Gasteiger partial charge in [-0.15, -0.1) is 0 Å². The number of ether oxygens (including phenoxy) is 1. The Balaban J connectivity index is 1.76. The largest absolute Gasteiger partial charge is 0.444 e. The zero-order valence-corrected chi connectivity index (χ0v) is 16.0. The first kappa shape index (κ1) is 19.5. The first-order valence-electron chi connectivity index (χ1n) is 8.72. The molecule has 0 spiro atoms. The van der Waals surface area contributed by atoms with E-state index < -0.39 is 15.6 Å². The number of hydrogen-bond acceptors (Lipinski definition) is 5. The highest BCUT2D eigenvalue weighted by Gasteiger charge is 2.34. The van der Waals surface area contributed by atoms with Crippen molar-refractivity contribution in [1.29, 1.82) is 0 Å². The zero-order valence-electron chi connectivity index (χ0n) is 15.2. The van der Waals surface area contributed by atoms with E-state index in [4.69, 9.17) is 4.74 Å². The monoisotopic (exact) mass is 361 g/mol. The highest BCUT2D eigenvalue weighted by atomic mass is 32.2. The first-order valence-corrected chi connectivity index (χ1v) is 10.6. The Bertz CT molecular complexity index is 532. The van der Waals surface area contributed by atoms with Crippen molar-refractivity contribution in [2.45, 2.75) is 64.1 Å². The van der Waals surface area contributed by atoms with Gasteiger partial charge in [0.1, 0.15) is 5.60 Å². The fourth-order valence-electron chi connectivity index (χ4n) is 2.98. The third-order valence-corrected chi connectivity index (χ3v) is 5.75. The first-order chi connectivity index (χ1) is 11.0. The summed E-state index contributed by atoms with van der Waals surface area (Å²) in [5.41, 5.74) is -0.496. The van der Waals surface area contributed by atoms with Crippen molar-refractivity contribution >= 4 is 16.1 Å². The Hall–Kier alpha value is -0.860. The Morgan fingerprint density at radius 3 is 2.25 bits per heavy atom. The fraction of sp³-hybridized carbons (Fsp3) is 0.938. The molecule has 0 bridgehead atoms. The number of hydrogen-bond donors (Lipinski definition) is 2. The minimum Gasteiger partial charge on any atom is -0.444 e. The van der Waals surface area contributed by atoms with Crippen LogP contribution in [0.25, 0.3) is 0 Å². The number of amides is 1.